The number of carbonyl (C=O) groups excluding carboxylic acids is 2. The van der Waals surface area contributed by atoms with Gasteiger partial charge in [0.1, 0.15) is 7.11 Å². The quantitative estimate of drug-likeness (QED) is 0.350. The fourth-order valence-electron chi connectivity index (χ4n) is 2.62. The second-order valence-electron chi connectivity index (χ2n) is 5.20. The Balaban J connectivity index is 1.84. The highest BCUT2D eigenvalue weighted by molar-refractivity contribution is 7.80. The predicted molar refractivity (Wildman–Crippen MR) is 95.1 cm³/mol. The summed E-state index contributed by atoms with van der Waals surface area (Å²) in [5.74, 6) is -0.648. The van der Waals surface area contributed by atoms with Gasteiger partial charge in [0.15, 0.2) is 5.11 Å². The Morgan fingerprint density at radius 1 is 1.24 bits per heavy atom. The number of amides is 2. The molecule has 8 nitrogen and oxygen atoms in total. The Hall–Kier alpha value is -3.20. The molecular weight excluding hydrogens is 342 g/mol. The van der Waals surface area contributed by atoms with Crippen molar-refractivity contribution in [2.45, 2.75) is 6.54 Å². The minimum Gasteiger partial charge on any atom is -0.417 e. The van der Waals surface area contributed by atoms with Crippen LogP contribution >= 0.6 is 12.2 Å². The lowest BCUT2D eigenvalue weighted by Gasteiger charge is -2.15. The molecule has 0 atom stereocenters. The van der Waals surface area contributed by atoms with Crippen molar-refractivity contribution in [3.63, 3.8) is 0 Å². The first kappa shape index (κ1) is 16.7. The maximum Gasteiger partial charge on any atom is 0.261 e. The van der Waals surface area contributed by atoms with E-state index in [9.17, 15) is 9.59 Å². The Kier molecular flexibility index (Phi) is 4.48. The molecule has 0 bridgehead atoms. The zero-order valence-electron chi connectivity index (χ0n) is 13.3. The lowest BCUT2D eigenvalue weighted by atomic mass is 10.1. The summed E-state index contributed by atoms with van der Waals surface area (Å²) in [4.78, 5) is 31.4. The SMILES string of the molecule is COn1c(C=NNC(N)=S)ccc1CN1C(=O)c2ccccc2C1=O. The van der Waals surface area contributed by atoms with Crippen LogP contribution in [0, 0.1) is 0 Å². The highest BCUT2D eigenvalue weighted by Crippen LogP contribution is 2.24. The smallest absolute Gasteiger partial charge is 0.261 e. The van der Waals surface area contributed by atoms with Crippen molar-refractivity contribution in [2.24, 2.45) is 10.8 Å². The number of fused-ring (bicyclic) bond motifs is 1. The van der Waals surface area contributed by atoms with Gasteiger partial charge in [0, 0.05) is 0 Å². The molecule has 128 valence electrons. The molecule has 0 unspecified atom stereocenters. The Labute approximate surface area is 148 Å². The number of hydrogen-bond acceptors (Lipinski definition) is 5. The van der Waals surface area contributed by atoms with E-state index in [1.54, 1.807) is 36.4 Å². The van der Waals surface area contributed by atoms with Gasteiger partial charge >= 0.3 is 0 Å². The van der Waals surface area contributed by atoms with Crippen molar-refractivity contribution in [1.29, 1.82) is 0 Å². The third kappa shape index (κ3) is 3.09. The molecule has 0 saturated carbocycles. The molecule has 1 aromatic carbocycles. The molecule has 0 spiro atoms. The number of benzene rings is 1. The summed E-state index contributed by atoms with van der Waals surface area (Å²) >= 11 is 4.67. The first-order chi connectivity index (χ1) is 12.0. The summed E-state index contributed by atoms with van der Waals surface area (Å²) in [6.45, 7) is 0.0801. The average Bonchev–Trinajstić information content (AvgIpc) is 3.09. The number of aromatic nitrogens is 1. The lowest BCUT2D eigenvalue weighted by molar-refractivity contribution is 0.0624. The molecule has 0 radical (unpaired) electrons. The molecule has 2 aromatic rings. The van der Waals surface area contributed by atoms with E-state index in [0.29, 0.717) is 22.5 Å². The van der Waals surface area contributed by atoms with Gasteiger partial charge in [0.25, 0.3) is 11.8 Å². The van der Waals surface area contributed by atoms with Crippen LogP contribution in [0.4, 0.5) is 0 Å². The van der Waals surface area contributed by atoms with Crippen LogP contribution in [0.5, 0.6) is 0 Å². The standard InChI is InChI=1S/C16H15N5O3S/c1-24-21-10(8-18-19-16(17)25)6-7-11(21)9-20-14(22)12-4-2-3-5-13(12)15(20)23/h2-8H,9H2,1H3,(H3,17,19,25). The lowest BCUT2D eigenvalue weighted by Crippen LogP contribution is -2.31. The summed E-state index contributed by atoms with van der Waals surface area (Å²) < 4.78 is 1.47. The zero-order chi connectivity index (χ0) is 18.0. The van der Waals surface area contributed by atoms with Crippen LogP contribution < -0.4 is 16.0 Å². The number of hydrogen-bond donors (Lipinski definition) is 2. The number of hydrazone groups is 1. The predicted octanol–water partition coefficient (Wildman–Crippen LogP) is 0.510. The van der Waals surface area contributed by atoms with E-state index in [0.717, 1.165) is 0 Å². The molecule has 0 saturated heterocycles. The topological polar surface area (TPSA) is 102 Å². The summed E-state index contributed by atoms with van der Waals surface area (Å²) in [6.07, 6.45) is 1.47. The molecule has 0 fully saturated rings. The van der Waals surface area contributed by atoms with Crippen LogP contribution in [0.1, 0.15) is 32.1 Å². The van der Waals surface area contributed by atoms with E-state index in [1.165, 1.54) is 23.0 Å². The number of carbonyl (C=O) groups is 2. The van der Waals surface area contributed by atoms with Gasteiger partial charge in [0.2, 0.25) is 0 Å². The Morgan fingerprint density at radius 2 is 1.88 bits per heavy atom. The second kappa shape index (κ2) is 6.73. The third-order valence-electron chi connectivity index (χ3n) is 3.69. The van der Waals surface area contributed by atoms with Gasteiger partial charge in [-0.25, -0.2) is 0 Å². The van der Waals surface area contributed by atoms with Crippen molar-refractivity contribution in [2.75, 3.05) is 7.11 Å². The third-order valence-corrected chi connectivity index (χ3v) is 3.79. The highest BCUT2D eigenvalue weighted by atomic mass is 32.1. The van der Waals surface area contributed by atoms with Crippen LogP contribution in [0.2, 0.25) is 0 Å². The van der Waals surface area contributed by atoms with Crippen molar-refractivity contribution < 1.29 is 14.4 Å². The van der Waals surface area contributed by atoms with Gasteiger partial charge in [-0.2, -0.15) is 9.83 Å². The van der Waals surface area contributed by atoms with Crippen molar-refractivity contribution in [1.82, 2.24) is 15.1 Å². The van der Waals surface area contributed by atoms with E-state index in [2.05, 4.69) is 22.7 Å². The Bertz CT molecular complexity index is 855. The van der Waals surface area contributed by atoms with Crippen LogP contribution in [-0.2, 0) is 6.54 Å². The number of nitrogens with one attached hydrogen (secondary N) is 1. The molecule has 25 heavy (non-hydrogen) atoms. The van der Waals surface area contributed by atoms with Gasteiger partial charge in [-0.3, -0.25) is 19.9 Å². The van der Waals surface area contributed by atoms with Gasteiger partial charge in [-0.1, -0.05) is 12.1 Å². The number of imide groups is 1. The van der Waals surface area contributed by atoms with E-state index in [4.69, 9.17) is 10.6 Å². The summed E-state index contributed by atoms with van der Waals surface area (Å²) in [7, 11) is 1.48. The molecule has 0 aliphatic carbocycles. The Morgan fingerprint density at radius 3 is 2.44 bits per heavy atom. The molecule has 9 heteroatoms. The first-order valence-electron chi connectivity index (χ1n) is 7.31. The maximum absolute atomic E-state index is 12.5. The van der Waals surface area contributed by atoms with Crippen LogP contribution in [0.25, 0.3) is 0 Å². The van der Waals surface area contributed by atoms with Crippen LogP contribution in [0.15, 0.2) is 41.5 Å². The number of rotatable bonds is 5. The average molecular weight is 357 g/mol. The zero-order valence-corrected chi connectivity index (χ0v) is 14.1. The summed E-state index contributed by atoms with van der Waals surface area (Å²) in [5.41, 5.74) is 9.78. The molecule has 2 heterocycles. The monoisotopic (exact) mass is 357 g/mol. The fraction of sp³-hybridized carbons (Fsp3) is 0.125. The molecule has 1 aliphatic rings. The van der Waals surface area contributed by atoms with E-state index in [-0.39, 0.29) is 23.5 Å². The van der Waals surface area contributed by atoms with E-state index >= 15 is 0 Å². The van der Waals surface area contributed by atoms with Gasteiger partial charge in [-0.15, -0.1) is 0 Å². The highest BCUT2D eigenvalue weighted by Gasteiger charge is 2.35. The molecule has 3 rings (SSSR count). The van der Waals surface area contributed by atoms with Crippen LogP contribution in [0.3, 0.4) is 0 Å². The number of nitrogens with two attached hydrogens (primary N) is 1. The molecule has 3 N–H and O–H groups in total. The van der Waals surface area contributed by atoms with E-state index in [1.807, 2.05) is 0 Å². The van der Waals surface area contributed by atoms with Crippen molar-refractivity contribution in [3.05, 3.63) is 58.9 Å². The number of nitrogens with zero attached hydrogens (tertiary/aromatic N) is 3. The molecule has 1 aromatic heterocycles. The summed E-state index contributed by atoms with van der Waals surface area (Å²) in [6, 6.07) is 10.2. The maximum atomic E-state index is 12.5. The fourth-order valence-corrected chi connectivity index (χ4v) is 2.68. The molecule has 2 amide bonds. The van der Waals surface area contributed by atoms with Gasteiger partial charge < -0.3 is 10.6 Å². The molecule has 1 aliphatic heterocycles. The van der Waals surface area contributed by atoms with E-state index < -0.39 is 0 Å². The second-order valence-corrected chi connectivity index (χ2v) is 5.64. The summed E-state index contributed by atoms with van der Waals surface area (Å²) in [5, 5.41) is 3.91. The molecular formula is C16H15N5O3S. The van der Waals surface area contributed by atoms with Gasteiger partial charge in [0.05, 0.1) is 35.3 Å². The minimum atomic E-state index is -0.324. The van der Waals surface area contributed by atoms with Crippen molar-refractivity contribution in [3.8, 4) is 0 Å². The van der Waals surface area contributed by atoms with Crippen molar-refractivity contribution >= 4 is 35.4 Å². The normalized spacial score (nSPS) is 13.4. The minimum absolute atomic E-state index is 0.0398. The van der Waals surface area contributed by atoms with Gasteiger partial charge in [-0.05, 0) is 36.5 Å². The largest absolute Gasteiger partial charge is 0.417 e. The number of thiocarbonyl (C=S) groups is 1. The first-order valence-corrected chi connectivity index (χ1v) is 7.72. The van der Waals surface area contributed by atoms with Crippen LogP contribution in [-0.4, -0.2) is 39.9 Å².